The van der Waals surface area contributed by atoms with Crippen LogP contribution in [0.3, 0.4) is 0 Å². The molecule has 0 spiro atoms. The lowest BCUT2D eigenvalue weighted by Gasteiger charge is -2.29. The first-order chi connectivity index (χ1) is 15.2. The van der Waals surface area contributed by atoms with Gasteiger partial charge >= 0.3 is 0 Å². The molecule has 6 nitrogen and oxygen atoms in total. The van der Waals surface area contributed by atoms with Crippen LogP contribution in [0, 0.1) is 6.92 Å². The minimum atomic E-state index is -3.50. The summed E-state index contributed by atoms with van der Waals surface area (Å²) in [6.45, 7) is 9.62. The molecule has 32 heavy (non-hydrogen) atoms. The van der Waals surface area contributed by atoms with E-state index in [1.54, 1.807) is 6.20 Å². The second kappa shape index (κ2) is 8.89. The Morgan fingerprint density at radius 2 is 1.72 bits per heavy atom. The van der Waals surface area contributed by atoms with E-state index in [-0.39, 0.29) is 6.04 Å². The van der Waals surface area contributed by atoms with Crippen molar-refractivity contribution in [3.63, 3.8) is 0 Å². The third-order valence-corrected chi connectivity index (χ3v) is 7.39. The van der Waals surface area contributed by atoms with Crippen LogP contribution >= 0.6 is 11.6 Å². The lowest BCUT2D eigenvalue weighted by Crippen LogP contribution is -2.43. The molecule has 1 N–H and O–H groups in total. The molecule has 1 aromatic carbocycles. The molecule has 1 aliphatic rings. The summed E-state index contributed by atoms with van der Waals surface area (Å²) in [7, 11) is -3.50. The Kier molecular flexibility index (Phi) is 6.34. The van der Waals surface area contributed by atoms with Crippen molar-refractivity contribution in [2.45, 2.75) is 31.7 Å². The minimum absolute atomic E-state index is 0.0687. The maximum atomic E-state index is 13.0. The number of anilines is 1. The fourth-order valence-electron chi connectivity index (χ4n) is 4.60. The fourth-order valence-corrected chi connectivity index (χ4v) is 5.95. The van der Waals surface area contributed by atoms with Gasteiger partial charge in [-0.25, -0.2) is 8.42 Å². The fraction of sp³-hybridized carbons (Fsp3) is 0.375. The van der Waals surface area contributed by atoms with Gasteiger partial charge < -0.3 is 14.8 Å². The second-order valence-corrected chi connectivity index (χ2v) is 10.9. The number of halogens is 1. The molecule has 0 radical (unpaired) electrons. The lowest BCUT2D eigenvalue weighted by atomic mass is 10.0. The van der Waals surface area contributed by atoms with E-state index in [1.165, 1.54) is 6.26 Å². The number of rotatable bonds is 5. The van der Waals surface area contributed by atoms with E-state index in [4.69, 9.17) is 11.6 Å². The van der Waals surface area contributed by atoms with Crippen molar-refractivity contribution in [3.05, 3.63) is 53.4 Å². The largest absolute Gasteiger partial charge is 0.368 e. The van der Waals surface area contributed by atoms with Crippen LogP contribution in [0.25, 0.3) is 22.4 Å². The van der Waals surface area contributed by atoms with Crippen LogP contribution < -0.4 is 10.2 Å². The van der Waals surface area contributed by atoms with E-state index >= 15 is 0 Å². The van der Waals surface area contributed by atoms with Gasteiger partial charge in [-0.2, -0.15) is 0 Å². The summed E-state index contributed by atoms with van der Waals surface area (Å²) in [5.41, 5.74) is 5.02. The summed E-state index contributed by atoms with van der Waals surface area (Å²) in [6.07, 6.45) is 4.89. The Morgan fingerprint density at radius 3 is 2.31 bits per heavy atom. The highest BCUT2D eigenvalue weighted by Crippen LogP contribution is 2.43. The summed E-state index contributed by atoms with van der Waals surface area (Å²) >= 11 is 6.15. The maximum Gasteiger partial charge on any atom is 0.177 e. The van der Waals surface area contributed by atoms with Crippen molar-refractivity contribution < 1.29 is 8.42 Å². The number of benzene rings is 1. The molecule has 0 saturated carbocycles. The van der Waals surface area contributed by atoms with Gasteiger partial charge in [-0.05, 0) is 44.5 Å². The summed E-state index contributed by atoms with van der Waals surface area (Å²) in [6, 6.07) is 9.69. The van der Waals surface area contributed by atoms with E-state index in [9.17, 15) is 8.42 Å². The average molecular weight is 473 g/mol. The van der Waals surface area contributed by atoms with Gasteiger partial charge in [0.15, 0.2) is 9.84 Å². The van der Waals surface area contributed by atoms with Gasteiger partial charge in [-0.15, -0.1) is 0 Å². The number of nitrogens with one attached hydrogen (secondary N) is 1. The van der Waals surface area contributed by atoms with Crippen LogP contribution in [0.1, 0.15) is 25.6 Å². The molecule has 3 aromatic rings. The molecule has 1 saturated heterocycles. The highest BCUT2D eigenvalue weighted by atomic mass is 35.5. The van der Waals surface area contributed by atoms with Crippen molar-refractivity contribution in [1.29, 1.82) is 0 Å². The van der Waals surface area contributed by atoms with E-state index in [1.807, 2.05) is 37.4 Å². The smallest absolute Gasteiger partial charge is 0.177 e. The summed E-state index contributed by atoms with van der Waals surface area (Å²) < 4.78 is 28.2. The van der Waals surface area contributed by atoms with Crippen LogP contribution in [-0.4, -0.2) is 50.4 Å². The number of nitrogens with zero attached hydrogens (tertiary/aromatic N) is 3. The molecular formula is C24H29ClN4O2S. The Hall–Kier alpha value is -2.35. The van der Waals surface area contributed by atoms with E-state index in [0.717, 1.165) is 54.4 Å². The topological polar surface area (TPSA) is 67.2 Å². The summed E-state index contributed by atoms with van der Waals surface area (Å²) in [4.78, 5) is 7.14. The third kappa shape index (κ3) is 4.29. The molecule has 8 heteroatoms. The van der Waals surface area contributed by atoms with Gasteiger partial charge in [-0.1, -0.05) is 23.7 Å². The van der Waals surface area contributed by atoms with Crippen molar-refractivity contribution in [2.24, 2.45) is 0 Å². The summed E-state index contributed by atoms with van der Waals surface area (Å²) in [5.74, 6) is 0. The molecule has 0 aliphatic carbocycles. The first-order valence-electron chi connectivity index (χ1n) is 10.8. The quantitative estimate of drug-likeness (QED) is 0.589. The predicted octanol–water partition coefficient (Wildman–Crippen LogP) is 4.57. The van der Waals surface area contributed by atoms with Crippen molar-refractivity contribution in [1.82, 2.24) is 14.9 Å². The number of sulfone groups is 1. The van der Waals surface area contributed by atoms with Crippen molar-refractivity contribution in [3.8, 4) is 22.4 Å². The van der Waals surface area contributed by atoms with Gasteiger partial charge in [0, 0.05) is 66.5 Å². The van der Waals surface area contributed by atoms with Gasteiger partial charge in [0.1, 0.15) is 0 Å². The lowest BCUT2D eigenvalue weighted by molar-refractivity contribution is 0.583. The minimum Gasteiger partial charge on any atom is -0.368 e. The van der Waals surface area contributed by atoms with Gasteiger partial charge in [0.05, 0.1) is 22.5 Å². The third-order valence-electron chi connectivity index (χ3n) is 5.89. The van der Waals surface area contributed by atoms with Crippen LogP contribution in [0.4, 0.5) is 5.69 Å². The molecule has 0 unspecified atom stereocenters. The molecule has 0 atom stereocenters. The van der Waals surface area contributed by atoms with E-state index in [2.05, 4.69) is 39.7 Å². The molecule has 2 aromatic heterocycles. The molecule has 1 fully saturated rings. The highest BCUT2D eigenvalue weighted by molar-refractivity contribution is 7.91. The number of piperazine rings is 1. The van der Waals surface area contributed by atoms with Gasteiger partial charge in [0.2, 0.25) is 0 Å². The predicted molar refractivity (Wildman–Crippen MR) is 131 cm³/mol. The Balaban J connectivity index is 2.02. The van der Waals surface area contributed by atoms with Crippen LogP contribution in [0.15, 0.2) is 47.6 Å². The summed E-state index contributed by atoms with van der Waals surface area (Å²) in [5, 5.41) is 4.00. The van der Waals surface area contributed by atoms with Crippen LogP contribution in [-0.2, 0) is 9.84 Å². The van der Waals surface area contributed by atoms with Gasteiger partial charge in [0.25, 0.3) is 0 Å². The van der Waals surface area contributed by atoms with Crippen molar-refractivity contribution >= 4 is 27.1 Å². The highest BCUT2D eigenvalue weighted by Gasteiger charge is 2.30. The number of pyridine rings is 1. The van der Waals surface area contributed by atoms with Gasteiger partial charge in [-0.3, -0.25) is 4.98 Å². The number of aromatic nitrogens is 2. The monoisotopic (exact) mass is 472 g/mol. The zero-order valence-electron chi connectivity index (χ0n) is 18.9. The zero-order valence-corrected chi connectivity index (χ0v) is 20.5. The zero-order chi connectivity index (χ0) is 23.0. The molecule has 0 bridgehead atoms. The van der Waals surface area contributed by atoms with E-state index in [0.29, 0.717) is 15.5 Å². The molecular weight excluding hydrogens is 444 g/mol. The molecule has 1 aliphatic heterocycles. The Morgan fingerprint density at radius 1 is 1.06 bits per heavy atom. The van der Waals surface area contributed by atoms with Crippen molar-refractivity contribution in [2.75, 3.05) is 37.3 Å². The van der Waals surface area contributed by atoms with E-state index < -0.39 is 9.84 Å². The molecule has 3 heterocycles. The number of hydrogen-bond donors (Lipinski definition) is 1. The first-order valence-corrected chi connectivity index (χ1v) is 13.1. The number of hydrogen-bond acceptors (Lipinski definition) is 5. The Bertz CT molecular complexity index is 1230. The average Bonchev–Trinajstić information content (AvgIpc) is 3.08. The molecule has 4 rings (SSSR count). The Labute approximate surface area is 195 Å². The maximum absolute atomic E-state index is 13.0. The standard InChI is InChI=1S/C24H29ClN4O2S/c1-16(2)29-17(3)24(32(4,30)31)22(23(29)18-5-7-20(25)8-6-18)19-13-21(15-27-14-19)28-11-9-26-10-12-28/h5-8,13-16,26H,9-12H2,1-4H3. The van der Waals surface area contributed by atoms with Crippen LogP contribution in [0.5, 0.6) is 0 Å². The molecule has 170 valence electrons. The second-order valence-electron chi connectivity index (χ2n) is 8.55. The normalized spacial score (nSPS) is 14.9. The molecule has 0 amide bonds. The SMILES string of the molecule is Cc1c(S(C)(=O)=O)c(-c2cncc(N3CCNCC3)c2)c(-c2ccc(Cl)cc2)n1C(C)C. The van der Waals surface area contributed by atoms with Crippen LogP contribution in [0.2, 0.25) is 5.02 Å². The first kappa shape index (κ1) is 22.8.